The van der Waals surface area contributed by atoms with Crippen molar-refractivity contribution < 1.29 is 9.53 Å². The van der Waals surface area contributed by atoms with Gasteiger partial charge in [-0.2, -0.15) is 5.26 Å². The maximum Gasteiger partial charge on any atom is 0.302 e. The summed E-state index contributed by atoms with van der Waals surface area (Å²) in [4.78, 5) is 12.3. The van der Waals surface area contributed by atoms with E-state index >= 15 is 0 Å². The number of carbonyl (C=O) groups excluding carboxylic acids is 1. The number of hydrogen-bond donors (Lipinski definition) is 0. The van der Waals surface area contributed by atoms with E-state index in [1.165, 1.54) is 44.9 Å². The Morgan fingerprint density at radius 2 is 1.77 bits per heavy atom. The van der Waals surface area contributed by atoms with E-state index in [0.29, 0.717) is 58.7 Å². The topological polar surface area (TPSA) is 50.1 Å². The van der Waals surface area contributed by atoms with Gasteiger partial charge in [0.05, 0.1) is 6.07 Å². The summed E-state index contributed by atoms with van der Waals surface area (Å²) in [7, 11) is 0. The molecule has 11 atom stereocenters. The van der Waals surface area contributed by atoms with Crippen molar-refractivity contribution in [1.29, 1.82) is 5.26 Å². The molecule has 4 fully saturated rings. The van der Waals surface area contributed by atoms with Gasteiger partial charge in [-0.3, -0.25) is 4.79 Å². The van der Waals surface area contributed by atoms with Gasteiger partial charge in [-0.25, -0.2) is 0 Å². The van der Waals surface area contributed by atoms with Gasteiger partial charge in [0.2, 0.25) is 0 Å². The summed E-state index contributed by atoms with van der Waals surface area (Å²) in [6.45, 7) is 13.8. The van der Waals surface area contributed by atoms with Gasteiger partial charge < -0.3 is 4.74 Å². The van der Waals surface area contributed by atoms with Crippen molar-refractivity contribution in [2.75, 3.05) is 0 Å². The molecule has 4 unspecified atom stereocenters. The minimum atomic E-state index is -0.0886. The van der Waals surface area contributed by atoms with E-state index in [2.05, 4.69) is 40.7 Å². The highest BCUT2D eigenvalue weighted by Crippen LogP contribution is 2.70. The van der Waals surface area contributed by atoms with Crippen LogP contribution in [0.2, 0.25) is 0 Å². The normalized spacial score (nSPS) is 49.8. The van der Waals surface area contributed by atoms with Gasteiger partial charge in [0.25, 0.3) is 0 Å². The SMILES string of the molecule is CC[C@H]1C(OC(C)=O)C2C3CC[C@H]([C@H](C)CC#N)[C@@]3(C)CCC2[C@@]2(C)CC[C@@H](C)C[C@@H]12. The number of ether oxygens (including phenoxy) is 1. The Balaban J connectivity index is 1.74. The summed E-state index contributed by atoms with van der Waals surface area (Å²) in [5.41, 5.74) is 0.686. The van der Waals surface area contributed by atoms with E-state index in [0.717, 1.165) is 12.3 Å². The van der Waals surface area contributed by atoms with Crippen LogP contribution >= 0.6 is 0 Å². The molecule has 0 N–H and O–H groups in total. The zero-order valence-electron chi connectivity index (χ0n) is 20.8. The van der Waals surface area contributed by atoms with E-state index in [4.69, 9.17) is 4.74 Å². The fourth-order valence-electron chi connectivity index (χ4n) is 9.76. The van der Waals surface area contributed by atoms with Crippen molar-refractivity contribution in [3.8, 4) is 6.07 Å². The van der Waals surface area contributed by atoms with Crippen LogP contribution in [0.15, 0.2) is 0 Å². The molecule has 0 spiro atoms. The van der Waals surface area contributed by atoms with E-state index in [9.17, 15) is 10.1 Å². The standard InChI is InChI=1S/C28H45NO2/c1-7-20-24-16-17(2)10-13-28(24,6)23-11-14-27(5)21(18(3)12-15-29)8-9-22(27)25(23)26(20)31-19(4)30/h17-18,20-26H,7-14,16H2,1-6H3/t17-,18-,20-,21-,22?,23?,24+,25?,26?,27-,28-/m1/s1. The molecule has 4 aliphatic carbocycles. The summed E-state index contributed by atoms with van der Waals surface area (Å²) >= 11 is 0. The van der Waals surface area contributed by atoms with Crippen molar-refractivity contribution in [3.05, 3.63) is 0 Å². The Morgan fingerprint density at radius 1 is 1.10 bits per heavy atom. The van der Waals surface area contributed by atoms with Crippen LogP contribution in [0.1, 0.15) is 99.3 Å². The summed E-state index contributed by atoms with van der Waals surface area (Å²) in [6.07, 6.45) is 11.0. The Bertz CT molecular complexity index is 727. The van der Waals surface area contributed by atoms with Crippen LogP contribution in [0.3, 0.4) is 0 Å². The lowest BCUT2D eigenvalue weighted by Crippen LogP contribution is -2.62. The quantitative estimate of drug-likeness (QED) is 0.453. The summed E-state index contributed by atoms with van der Waals surface area (Å²) in [5.74, 6) is 4.80. The fourth-order valence-corrected chi connectivity index (χ4v) is 9.76. The molecule has 0 radical (unpaired) electrons. The van der Waals surface area contributed by atoms with Crippen molar-refractivity contribution in [2.24, 2.45) is 58.2 Å². The molecule has 4 rings (SSSR count). The first-order chi connectivity index (χ1) is 14.7. The summed E-state index contributed by atoms with van der Waals surface area (Å²) < 4.78 is 6.30. The van der Waals surface area contributed by atoms with Gasteiger partial charge >= 0.3 is 5.97 Å². The van der Waals surface area contributed by atoms with Crippen molar-refractivity contribution in [3.63, 3.8) is 0 Å². The number of rotatable bonds is 4. The zero-order valence-corrected chi connectivity index (χ0v) is 20.8. The average Bonchev–Trinajstić information content (AvgIpc) is 3.06. The Kier molecular flexibility index (Phi) is 6.26. The van der Waals surface area contributed by atoms with Gasteiger partial charge in [-0.05, 0) is 97.2 Å². The predicted octanol–water partition coefficient (Wildman–Crippen LogP) is 7.01. The molecule has 0 amide bonds. The molecule has 0 bridgehead atoms. The number of fused-ring (bicyclic) bond motifs is 5. The van der Waals surface area contributed by atoms with Gasteiger partial charge in [0.1, 0.15) is 6.10 Å². The van der Waals surface area contributed by atoms with Gasteiger partial charge in [0, 0.05) is 19.3 Å². The van der Waals surface area contributed by atoms with Crippen LogP contribution in [0.25, 0.3) is 0 Å². The first-order valence-corrected chi connectivity index (χ1v) is 13.2. The maximum absolute atomic E-state index is 12.3. The molecule has 0 aromatic heterocycles. The molecule has 174 valence electrons. The van der Waals surface area contributed by atoms with E-state index in [1.54, 1.807) is 6.92 Å². The summed E-state index contributed by atoms with van der Waals surface area (Å²) in [6, 6.07) is 2.44. The molecule has 0 aromatic carbocycles. The lowest BCUT2D eigenvalue weighted by molar-refractivity contribution is -0.213. The minimum Gasteiger partial charge on any atom is -0.462 e. The minimum absolute atomic E-state index is 0.0884. The molecule has 0 saturated heterocycles. The Hall–Kier alpha value is -1.04. The molecular formula is C28H45NO2. The lowest BCUT2D eigenvalue weighted by Gasteiger charge is -2.65. The van der Waals surface area contributed by atoms with E-state index in [-0.39, 0.29) is 12.1 Å². The molecule has 0 aromatic rings. The molecule has 4 aliphatic rings. The lowest BCUT2D eigenvalue weighted by atomic mass is 9.41. The molecule has 4 saturated carbocycles. The van der Waals surface area contributed by atoms with E-state index in [1.807, 2.05) is 0 Å². The number of nitrogens with zero attached hydrogens (tertiary/aromatic N) is 1. The highest BCUT2D eigenvalue weighted by molar-refractivity contribution is 5.66. The number of nitriles is 1. The second-order valence-electron chi connectivity index (χ2n) is 12.5. The van der Waals surface area contributed by atoms with Crippen molar-refractivity contribution >= 4 is 5.97 Å². The molecular weight excluding hydrogens is 382 g/mol. The highest BCUT2D eigenvalue weighted by atomic mass is 16.5. The first-order valence-electron chi connectivity index (χ1n) is 13.2. The van der Waals surface area contributed by atoms with Crippen LogP contribution in [0.4, 0.5) is 0 Å². The third-order valence-corrected chi connectivity index (χ3v) is 11.1. The molecule has 3 heteroatoms. The average molecular weight is 428 g/mol. The van der Waals surface area contributed by atoms with Crippen LogP contribution in [-0.4, -0.2) is 12.1 Å². The molecule has 0 heterocycles. The predicted molar refractivity (Wildman–Crippen MR) is 124 cm³/mol. The van der Waals surface area contributed by atoms with Crippen LogP contribution in [0.5, 0.6) is 0 Å². The zero-order chi connectivity index (χ0) is 22.6. The highest BCUT2D eigenvalue weighted by Gasteiger charge is 2.65. The number of esters is 1. The molecule has 31 heavy (non-hydrogen) atoms. The van der Waals surface area contributed by atoms with Crippen LogP contribution in [0, 0.1) is 69.5 Å². The third kappa shape index (κ3) is 3.55. The molecule has 3 nitrogen and oxygen atoms in total. The monoisotopic (exact) mass is 427 g/mol. The number of carbonyl (C=O) groups is 1. The molecule has 0 aliphatic heterocycles. The van der Waals surface area contributed by atoms with Gasteiger partial charge in [0.15, 0.2) is 0 Å². The second-order valence-corrected chi connectivity index (χ2v) is 12.5. The summed E-state index contributed by atoms with van der Waals surface area (Å²) in [5, 5.41) is 9.35. The second kappa shape index (κ2) is 8.39. The maximum atomic E-state index is 12.3. The first kappa shape index (κ1) is 23.1. The smallest absolute Gasteiger partial charge is 0.302 e. The third-order valence-electron chi connectivity index (χ3n) is 11.1. The Labute approximate surface area is 190 Å². The largest absolute Gasteiger partial charge is 0.462 e. The van der Waals surface area contributed by atoms with Crippen molar-refractivity contribution in [1.82, 2.24) is 0 Å². The van der Waals surface area contributed by atoms with Gasteiger partial charge in [-0.1, -0.05) is 41.0 Å². The Morgan fingerprint density at radius 3 is 2.42 bits per heavy atom. The fraction of sp³-hybridized carbons (Fsp3) is 0.929. The van der Waals surface area contributed by atoms with Crippen LogP contribution < -0.4 is 0 Å². The number of hydrogen-bond acceptors (Lipinski definition) is 3. The van der Waals surface area contributed by atoms with Crippen molar-refractivity contribution in [2.45, 2.75) is 105 Å². The van der Waals surface area contributed by atoms with Crippen LogP contribution in [-0.2, 0) is 9.53 Å². The van der Waals surface area contributed by atoms with E-state index < -0.39 is 0 Å². The van der Waals surface area contributed by atoms with Gasteiger partial charge in [-0.15, -0.1) is 0 Å².